The smallest absolute Gasteiger partial charge is 0.289 e. The third-order valence-electron chi connectivity index (χ3n) is 5.95. The van der Waals surface area contributed by atoms with Gasteiger partial charge in [0.05, 0.1) is 17.9 Å². The molecule has 0 spiro atoms. The van der Waals surface area contributed by atoms with Crippen molar-refractivity contribution in [2.24, 2.45) is 0 Å². The molecule has 1 aromatic carbocycles. The summed E-state index contributed by atoms with van der Waals surface area (Å²) in [4.78, 5) is 47.0. The quantitative estimate of drug-likeness (QED) is 0.635. The summed E-state index contributed by atoms with van der Waals surface area (Å²) in [6, 6.07) is 8.59. The van der Waals surface area contributed by atoms with Crippen molar-refractivity contribution < 1.29 is 23.2 Å². The topological polar surface area (TPSA) is 95.8 Å². The van der Waals surface area contributed by atoms with Gasteiger partial charge in [0.25, 0.3) is 11.8 Å². The molecule has 3 heterocycles. The standard InChI is InChI=1S/C23H21FN4O4S/c24-15-5-3-14(4-6-15)20(29)26-23-25-19-16(7-8-18(19)33-23)21(30)27-9-11-28(12-10-27)22(31)17-2-1-13-32-17/h1-6,13,16H,7-12H2,(H,25,26,29). The first-order valence-electron chi connectivity index (χ1n) is 10.7. The SMILES string of the molecule is O=C(Nc1nc2c(s1)CCC2C(=O)N1CCN(C(=O)c2ccco2)CC1)c1ccc(F)cc1. The number of hydrogen-bond donors (Lipinski definition) is 1. The molecule has 0 radical (unpaired) electrons. The Bertz CT molecular complexity index is 1180. The van der Waals surface area contributed by atoms with Crippen molar-refractivity contribution in [1.82, 2.24) is 14.8 Å². The fourth-order valence-electron chi connectivity index (χ4n) is 4.20. The normalized spacial score (nSPS) is 17.7. The molecule has 1 fully saturated rings. The van der Waals surface area contributed by atoms with Crippen molar-refractivity contribution in [3.05, 3.63) is 70.4 Å². The maximum Gasteiger partial charge on any atom is 0.289 e. The molecule has 3 aromatic rings. The molecule has 1 saturated heterocycles. The van der Waals surface area contributed by atoms with Crippen molar-refractivity contribution in [3.8, 4) is 0 Å². The lowest BCUT2D eigenvalue weighted by atomic mass is 10.1. The lowest BCUT2D eigenvalue weighted by Crippen LogP contribution is -2.51. The number of hydrogen-bond acceptors (Lipinski definition) is 6. The van der Waals surface area contributed by atoms with Crippen molar-refractivity contribution in [1.29, 1.82) is 0 Å². The van der Waals surface area contributed by atoms with Gasteiger partial charge in [-0.1, -0.05) is 0 Å². The fourth-order valence-corrected chi connectivity index (χ4v) is 5.23. The Morgan fingerprint density at radius 3 is 2.48 bits per heavy atom. The van der Waals surface area contributed by atoms with Gasteiger partial charge in [0.15, 0.2) is 10.9 Å². The molecule has 1 N–H and O–H groups in total. The molecule has 8 nitrogen and oxygen atoms in total. The molecule has 2 aromatic heterocycles. The molecule has 2 aliphatic rings. The molecule has 1 atom stereocenters. The first-order chi connectivity index (χ1) is 16.0. The van der Waals surface area contributed by atoms with Crippen LogP contribution in [0.25, 0.3) is 0 Å². The van der Waals surface area contributed by atoms with Gasteiger partial charge in [-0.25, -0.2) is 9.37 Å². The van der Waals surface area contributed by atoms with Crippen LogP contribution in [-0.4, -0.2) is 58.7 Å². The number of nitrogens with one attached hydrogen (secondary N) is 1. The van der Waals surface area contributed by atoms with Crippen molar-refractivity contribution >= 4 is 34.2 Å². The lowest BCUT2D eigenvalue weighted by Gasteiger charge is -2.35. The van der Waals surface area contributed by atoms with Crippen LogP contribution in [0.2, 0.25) is 0 Å². The summed E-state index contributed by atoms with van der Waals surface area (Å²) in [5.41, 5.74) is 1.05. The predicted octanol–water partition coefficient (Wildman–Crippen LogP) is 3.14. The van der Waals surface area contributed by atoms with Crippen LogP contribution in [0, 0.1) is 5.82 Å². The van der Waals surface area contributed by atoms with Gasteiger partial charge in [0.1, 0.15) is 5.82 Å². The van der Waals surface area contributed by atoms with E-state index in [1.807, 2.05) is 0 Å². The van der Waals surface area contributed by atoms with Gasteiger partial charge in [-0.3, -0.25) is 19.7 Å². The molecule has 5 rings (SSSR count). The Hall–Kier alpha value is -3.53. The monoisotopic (exact) mass is 468 g/mol. The first-order valence-corrected chi connectivity index (χ1v) is 11.5. The van der Waals surface area contributed by atoms with Crippen molar-refractivity contribution in [3.63, 3.8) is 0 Å². The number of aryl methyl sites for hydroxylation is 1. The van der Waals surface area contributed by atoms with Crippen LogP contribution in [0.1, 0.15) is 43.8 Å². The number of carbonyl (C=O) groups is 3. The highest BCUT2D eigenvalue weighted by molar-refractivity contribution is 7.16. The number of fused-ring (bicyclic) bond motifs is 1. The number of rotatable bonds is 4. The third-order valence-corrected chi connectivity index (χ3v) is 7.00. The molecule has 170 valence electrons. The van der Waals surface area contributed by atoms with Gasteiger partial charge in [0.2, 0.25) is 5.91 Å². The molecule has 0 saturated carbocycles. The maximum absolute atomic E-state index is 13.2. The average molecular weight is 469 g/mol. The molecular weight excluding hydrogens is 447 g/mol. The Balaban J connectivity index is 1.21. The molecule has 1 aliphatic heterocycles. The van der Waals surface area contributed by atoms with Crippen LogP contribution in [0.15, 0.2) is 47.1 Å². The molecule has 3 amide bonds. The van der Waals surface area contributed by atoms with E-state index in [0.717, 1.165) is 11.3 Å². The lowest BCUT2D eigenvalue weighted by molar-refractivity contribution is -0.134. The van der Waals surface area contributed by atoms with Crippen LogP contribution >= 0.6 is 11.3 Å². The molecule has 10 heteroatoms. The molecule has 1 aliphatic carbocycles. The van der Waals surface area contributed by atoms with Gasteiger partial charge >= 0.3 is 0 Å². The van der Waals surface area contributed by atoms with E-state index in [4.69, 9.17) is 4.42 Å². The van der Waals surface area contributed by atoms with E-state index in [1.54, 1.807) is 21.9 Å². The number of nitrogens with zero attached hydrogens (tertiary/aromatic N) is 3. The summed E-state index contributed by atoms with van der Waals surface area (Å²) < 4.78 is 18.3. The summed E-state index contributed by atoms with van der Waals surface area (Å²) in [6.45, 7) is 1.80. The van der Waals surface area contributed by atoms with Gasteiger partial charge < -0.3 is 14.2 Å². The summed E-state index contributed by atoms with van der Waals surface area (Å²) >= 11 is 1.37. The van der Waals surface area contributed by atoms with Crippen molar-refractivity contribution in [2.45, 2.75) is 18.8 Å². The second kappa shape index (κ2) is 8.78. The van der Waals surface area contributed by atoms with Crippen molar-refractivity contribution in [2.75, 3.05) is 31.5 Å². The van der Waals surface area contributed by atoms with Gasteiger partial charge in [0, 0.05) is 36.6 Å². The largest absolute Gasteiger partial charge is 0.459 e. The second-order valence-corrected chi connectivity index (χ2v) is 9.06. The molecule has 33 heavy (non-hydrogen) atoms. The van der Waals surface area contributed by atoms with Crippen LogP contribution in [0.5, 0.6) is 0 Å². The van der Waals surface area contributed by atoms with Crippen LogP contribution < -0.4 is 5.32 Å². The number of halogens is 1. The number of furan rings is 1. The number of carbonyl (C=O) groups excluding carboxylic acids is 3. The van der Waals surface area contributed by atoms with Gasteiger partial charge in [-0.05, 0) is 49.2 Å². The van der Waals surface area contributed by atoms with E-state index in [1.165, 1.54) is 41.9 Å². The summed E-state index contributed by atoms with van der Waals surface area (Å²) in [5, 5.41) is 3.18. The van der Waals surface area contributed by atoms with Crippen LogP contribution in [0.4, 0.5) is 9.52 Å². The summed E-state index contributed by atoms with van der Waals surface area (Å²) in [6.07, 6.45) is 2.88. The maximum atomic E-state index is 13.2. The fraction of sp³-hybridized carbons (Fsp3) is 0.304. The number of piperazine rings is 1. The first kappa shape index (κ1) is 21.3. The minimum atomic E-state index is -0.410. The minimum absolute atomic E-state index is 0.000517. The number of amides is 3. The van der Waals surface area contributed by atoms with E-state index in [9.17, 15) is 18.8 Å². The van der Waals surface area contributed by atoms with E-state index < -0.39 is 5.82 Å². The number of aromatic nitrogens is 1. The molecular formula is C23H21FN4O4S. The second-order valence-electron chi connectivity index (χ2n) is 7.97. The zero-order chi connectivity index (χ0) is 22.9. The van der Waals surface area contributed by atoms with Crippen LogP contribution in [0.3, 0.4) is 0 Å². The third kappa shape index (κ3) is 4.25. The van der Waals surface area contributed by atoms with E-state index in [-0.39, 0.29) is 23.6 Å². The highest BCUT2D eigenvalue weighted by Crippen LogP contribution is 2.39. The number of thiazole rings is 1. The molecule has 1 unspecified atom stereocenters. The van der Waals surface area contributed by atoms with Crippen LogP contribution in [-0.2, 0) is 11.2 Å². The Labute approximate surface area is 193 Å². The Morgan fingerprint density at radius 1 is 1.06 bits per heavy atom. The van der Waals surface area contributed by atoms with Gasteiger partial charge in [-0.15, -0.1) is 11.3 Å². The van der Waals surface area contributed by atoms with E-state index in [2.05, 4.69) is 10.3 Å². The highest BCUT2D eigenvalue weighted by Gasteiger charge is 2.37. The number of benzene rings is 1. The Morgan fingerprint density at radius 2 is 1.79 bits per heavy atom. The van der Waals surface area contributed by atoms with Gasteiger partial charge in [-0.2, -0.15) is 0 Å². The molecule has 0 bridgehead atoms. The summed E-state index contributed by atoms with van der Waals surface area (Å²) in [5.74, 6) is -1.00. The van der Waals surface area contributed by atoms with E-state index in [0.29, 0.717) is 54.7 Å². The predicted molar refractivity (Wildman–Crippen MR) is 119 cm³/mol. The average Bonchev–Trinajstić information content (AvgIpc) is 3.56. The zero-order valence-electron chi connectivity index (χ0n) is 17.6. The zero-order valence-corrected chi connectivity index (χ0v) is 18.4. The van der Waals surface area contributed by atoms with E-state index >= 15 is 0 Å². The summed E-state index contributed by atoms with van der Waals surface area (Å²) in [7, 11) is 0. The number of anilines is 1. The minimum Gasteiger partial charge on any atom is -0.459 e. The Kier molecular flexibility index (Phi) is 5.67. The highest BCUT2D eigenvalue weighted by atomic mass is 32.1.